The molecule has 1 aromatic carbocycles. The maximum Gasteiger partial charge on any atom is 0.127 e. The van der Waals surface area contributed by atoms with Gasteiger partial charge in [0.25, 0.3) is 0 Å². The van der Waals surface area contributed by atoms with Gasteiger partial charge in [0.1, 0.15) is 17.1 Å². The number of hydrogen-bond donors (Lipinski definition) is 1. The van der Waals surface area contributed by atoms with Crippen LogP contribution in [0.2, 0.25) is 0 Å². The molecule has 1 heterocycles. The second-order valence-electron chi connectivity index (χ2n) is 10.3. The summed E-state index contributed by atoms with van der Waals surface area (Å²) in [6.07, 6.45) is 14.8. The fourth-order valence-corrected chi connectivity index (χ4v) is 6.05. The first-order valence-electron chi connectivity index (χ1n) is 11.6. The molecule has 2 aliphatic carbocycles. The number of aromatic hydroxyl groups is 1. The second-order valence-corrected chi connectivity index (χ2v) is 10.3. The average molecular weight is 383 g/mol. The minimum Gasteiger partial charge on any atom is -0.508 e. The van der Waals surface area contributed by atoms with E-state index in [0.29, 0.717) is 17.6 Å². The topological polar surface area (TPSA) is 29.5 Å². The van der Waals surface area contributed by atoms with Gasteiger partial charge >= 0.3 is 0 Å². The maximum atomic E-state index is 11.1. The van der Waals surface area contributed by atoms with Gasteiger partial charge in [0.2, 0.25) is 0 Å². The minimum atomic E-state index is -0.187. The SMILES string of the molecule is CCCCCCC1(c2cc(O)c3c(c2)OC(C)(C)[C@@H]2CC=C(C)C[C@@H]32)CCC1. The van der Waals surface area contributed by atoms with Crippen LogP contribution < -0.4 is 4.74 Å². The van der Waals surface area contributed by atoms with Crippen LogP contribution in [-0.4, -0.2) is 10.7 Å². The summed E-state index contributed by atoms with van der Waals surface area (Å²) in [6, 6.07) is 4.41. The van der Waals surface area contributed by atoms with Gasteiger partial charge in [0.05, 0.1) is 0 Å². The van der Waals surface area contributed by atoms with Gasteiger partial charge in [-0.3, -0.25) is 0 Å². The number of fused-ring (bicyclic) bond motifs is 3. The molecule has 0 unspecified atom stereocenters. The molecule has 0 radical (unpaired) electrons. The van der Waals surface area contributed by atoms with Crippen molar-refractivity contribution in [3.05, 3.63) is 34.9 Å². The Morgan fingerprint density at radius 3 is 2.61 bits per heavy atom. The van der Waals surface area contributed by atoms with E-state index in [9.17, 15) is 5.11 Å². The minimum absolute atomic E-state index is 0.187. The van der Waals surface area contributed by atoms with Crippen molar-refractivity contribution in [3.8, 4) is 11.5 Å². The molecule has 0 aromatic heterocycles. The largest absolute Gasteiger partial charge is 0.508 e. The highest BCUT2D eigenvalue weighted by Crippen LogP contribution is 2.56. The summed E-state index contributed by atoms with van der Waals surface area (Å²) < 4.78 is 6.56. The summed E-state index contributed by atoms with van der Waals surface area (Å²) in [5, 5.41) is 11.1. The molecule has 0 spiro atoms. The van der Waals surface area contributed by atoms with Crippen LogP contribution in [-0.2, 0) is 5.41 Å². The Morgan fingerprint density at radius 1 is 1.14 bits per heavy atom. The third kappa shape index (κ3) is 3.37. The number of ether oxygens (including phenoxy) is 1. The van der Waals surface area contributed by atoms with Crippen LogP contribution in [0.4, 0.5) is 0 Å². The predicted molar refractivity (Wildman–Crippen MR) is 116 cm³/mol. The van der Waals surface area contributed by atoms with E-state index in [0.717, 1.165) is 24.2 Å². The summed E-state index contributed by atoms with van der Waals surface area (Å²) in [6.45, 7) is 8.96. The molecule has 1 aromatic rings. The number of phenols is 1. The number of unbranched alkanes of at least 4 members (excludes halogenated alkanes) is 3. The number of allylic oxidation sites excluding steroid dienone is 2. The quantitative estimate of drug-likeness (QED) is 0.410. The van der Waals surface area contributed by atoms with Crippen LogP contribution >= 0.6 is 0 Å². The van der Waals surface area contributed by atoms with Gasteiger partial charge in [-0.2, -0.15) is 0 Å². The van der Waals surface area contributed by atoms with Gasteiger partial charge in [-0.25, -0.2) is 0 Å². The van der Waals surface area contributed by atoms with Crippen molar-refractivity contribution >= 4 is 0 Å². The molecule has 4 rings (SSSR count). The molecule has 1 aliphatic heterocycles. The molecule has 0 amide bonds. The summed E-state index contributed by atoms with van der Waals surface area (Å²) in [7, 11) is 0. The Kier molecular flexibility index (Phi) is 5.27. The Labute approximate surface area is 171 Å². The highest BCUT2D eigenvalue weighted by molar-refractivity contribution is 5.54. The van der Waals surface area contributed by atoms with Gasteiger partial charge in [-0.1, -0.05) is 50.7 Å². The molecule has 0 saturated heterocycles. The van der Waals surface area contributed by atoms with Gasteiger partial charge in [-0.05, 0) is 76.0 Å². The summed E-state index contributed by atoms with van der Waals surface area (Å²) in [4.78, 5) is 0. The summed E-state index contributed by atoms with van der Waals surface area (Å²) in [5.41, 5.74) is 3.92. The fraction of sp³-hybridized carbons (Fsp3) is 0.692. The zero-order chi connectivity index (χ0) is 19.9. The molecule has 2 atom stereocenters. The third-order valence-electron chi connectivity index (χ3n) is 7.94. The summed E-state index contributed by atoms with van der Waals surface area (Å²) in [5.74, 6) is 2.25. The molecule has 1 saturated carbocycles. The molecule has 0 bridgehead atoms. The van der Waals surface area contributed by atoms with Crippen molar-refractivity contribution in [1.82, 2.24) is 0 Å². The maximum absolute atomic E-state index is 11.1. The lowest BCUT2D eigenvalue weighted by Gasteiger charge is -2.48. The van der Waals surface area contributed by atoms with E-state index in [4.69, 9.17) is 4.74 Å². The van der Waals surface area contributed by atoms with Gasteiger partial charge in [0, 0.05) is 17.4 Å². The van der Waals surface area contributed by atoms with Crippen molar-refractivity contribution in [2.24, 2.45) is 5.92 Å². The molecule has 2 nitrogen and oxygen atoms in total. The van der Waals surface area contributed by atoms with Crippen LogP contribution in [0.25, 0.3) is 0 Å². The number of hydrogen-bond acceptors (Lipinski definition) is 2. The molecule has 3 aliphatic rings. The Hall–Kier alpha value is -1.44. The number of phenolic OH excluding ortho intramolecular Hbond substituents is 1. The fourth-order valence-electron chi connectivity index (χ4n) is 6.05. The Bertz CT molecular complexity index is 754. The van der Waals surface area contributed by atoms with Crippen LogP contribution in [0, 0.1) is 5.92 Å². The third-order valence-corrected chi connectivity index (χ3v) is 7.94. The van der Waals surface area contributed by atoms with E-state index >= 15 is 0 Å². The monoisotopic (exact) mass is 382 g/mol. The van der Waals surface area contributed by atoms with E-state index in [2.05, 4.69) is 45.9 Å². The van der Waals surface area contributed by atoms with Crippen molar-refractivity contribution < 1.29 is 9.84 Å². The normalized spacial score (nSPS) is 27.1. The first-order chi connectivity index (χ1) is 13.4. The first kappa shape index (κ1) is 19.9. The highest BCUT2D eigenvalue weighted by Gasteiger charge is 2.47. The van der Waals surface area contributed by atoms with Crippen LogP contribution in [0.5, 0.6) is 11.5 Å². The standard InChI is InChI=1S/C26H38O2/c1-5-6-7-8-12-26(13-9-14-26)19-16-22(27)24-20-15-18(2)10-11-21(20)25(3,4)28-23(24)17-19/h10,16-17,20-21,27H,5-9,11-15H2,1-4H3/t20-,21-/m1/s1. The second kappa shape index (κ2) is 7.43. The molecular formula is C26H38O2. The van der Waals surface area contributed by atoms with Crippen LogP contribution in [0.1, 0.15) is 109 Å². The molecule has 154 valence electrons. The molecule has 28 heavy (non-hydrogen) atoms. The van der Waals surface area contributed by atoms with E-state index in [1.165, 1.54) is 62.5 Å². The van der Waals surface area contributed by atoms with Crippen LogP contribution in [0.3, 0.4) is 0 Å². The smallest absolute Gasteiger partial charge is 0.127 e. The average Bonchev–Trinajstić information content (AvgIpc) is 2.59. The van der Waals surface area contributed by atoms with E-state index < -0.39 is 0 Å². The molecule has 2 heteroatoms. The molecule has 1 N–H and O–H groups in total. The Balaban J connectivity index is 1.67. The van der Waals surface area contributed by atoms with E-state index in [-0.39, 0.29) is 11.0 Å². The number of rotatable bonds is 6. The van der Waals surface area contributed by atoms with E-state index in [1.54, 1.807) is 0 Å². The van der Waals surface area contributed by atoms with Crippen LogP contribution in [0.15, 0.2) is 23.8 Å². The molecule has 1 fully saturated rings. The molecular weight excluding hydrogens is 344 g/mol. The van der Waals surface area contributed by atoms with Gasteiger partial charge in [-0.15, -0.1) is 0 Å². The zero-order valence-electron chi connectivity index (χ0n) is 18.3. The Morgan fingerprint density at radius 2 is 1.93 bits per heavy atom. The highest BCUT2D eigenvalue weighted by atomic mass is 16.5. The lowest BCUT2D eigenvalue weighted by molar-refractivity contribution is 0.00725. The van der Waals surface area contributed by atoms with Gasteiger partial charge in [0.15, 0.2) is 0 Å². The summed E-state index contributed by atoms with van der Waals surface area (Å²) >= 11 is 0. The van der Waals surface area contributed by atoms with Crippen molar-refractivity contribution in [2.75, 3.05) is 0 Å². The predicted octanol–water partition coefficient (Wildman–Crippen LogP) is 7.40. The first-order valence-corrected chi connectivity index (χ1v) is 11.6. The van der Waals surface area contributed by atoms with Gasteiger partial charge < -0.3 is 9.84 Å². The lowest BCUT2D eigenvalue weighted by Crippen LogP contribution is -2.45. The van der Waals surface area contributed by atoms with E-state index in [1.807, 2.05) is 0 Å². The zero-order valence-corrected chi connectivity index (χ0v) is 18.3. The lowest BCUT2D eigenvalue weighted by atomic mass is 9.61. The van der Waals surface area contributed by atoms with Crippen molar-refractivity contribution in [1.29, 1.82) is 0 Å². The van der Waals surface area contributed by atoms with Crippen molar-refractivity contribution in [2.45, 2.75) is 109 Å². The number of benzene rings is 1. The van der Waals surface area contributed by atoms with Crippen molar-refractivity contribution in [3.63, 3.8) is 0 Å².